The van der Waals surface area contributed by atoms with E-state index in [9.17, 15) is 4.79 Å². The summed E-state index contributed by atoms with van der Waals surface area (Å²) in [7, 11) is 5.78. The lowest BCUT2D eigenvalue weighted by Crippen LogP contribution is -2.30. The Labute approximate surface area is 178 Å². The minimum absolute atomic E-state index is 0.0738. The van der Waals surface area contributed by atoms with Crippen molar-refractivity contribution in [2.24, 2.45) is 0 Å². The van der Waals surface area contributed by atoms with Gasteiger partial charge in [-0.3, -0.25) is 4.79 Å². The van der Waals surface area contributed by atoms with E-state index in [0.717, 1.165) is 43.0 Å². The first-order chi connectivity index (χ1) is 13.9. The van der Waals surface area contributed by atoms with Gasteiger partial charge in [-0.05, 0) is 43.5 Å². The highest BCUT2D eigenvalue weighted by Crippen LogP contribution is 2.24. The number of piperidine rings is 1. The average Bonchev–Trinajstić information content (AvgIpc) is 2.72. The van der Waals surface area contributed by atoms with Crippen molar-refractivity contribution in [3.05, 3.63) is 52.4 Å². The van der Waals surface area contributed by atoms with Gasteiger partial charge < -0.3 is 15.1 Å². The van der Waals surface area contributed by atoms with E-state index in [1.807, 2.05) is 50.3 Å². The van der Waals surface area contributed by atoms with Crippen molar-refractivity contribution in [1.29, 1.82) is 0 Å². The first-order valence-electron chi connectivity index (χ1n) is 10.2. The molecule has 1 aliphatic rings. The van der Waals surface area contributed by atoms with Crippen molar-refractivity contribution in [1.82, 2.24) is 20.2 Å². The molecule has 2 heterocycles. The second kappa shape index (κ2) is 10.0. The van der Waals surface area contributed by atoms with E-state index < -0.39 is 0 Å². The van der Waals surface area contributed by atoms with Gasteiger partial charge in [0.1, 0.15) is 11.6 Å². The lowest BCUT2D eigenvalue weighted by Gasteiger charge is -2.24. The monoisotopic (exact) mass is 415 g/mol. The standard InChI is InChI=1S/C22H30ClN5O/c1-27(2)21-13-19(17-7-5-11-24-14-17)25-20(26-21)15-28(3)22(29)10-9-16-6-4-8-18(23)12-16/h4,6,8,12-13,17,24H,5,7,9-11,14-15H2,1-3H3. The maximum absolute atomic E-state index is 12.6. The molecular formula is C22H30ClN5O. The van der Waals surface area contributed by atoms with E-state index in [4.69, 9.17) is 16.6 Å². The molecule has 1 unspecified atom stereocenters. The SMILES string of the molecule is CN(Cc1nc(C2CCCNC2)cc(N(C)C)n1)C(=O)CCc1cccc(Cl)c1. The molecule has 1 N–H and O–H groups in total. The van der Waals surface area contributed by atoms with Gasteiger partial charge in [0.15, 0.2) is 0 Å². The quantitative estimate of drug-likeness (QED) is 0.752. The number of carbonyl (C=O) groups excluding carboxylic acids is 1. The van der Waals surface area contributed by atoms with Crippen LogP contribution < -0.4 is 10.2 Å². The van der Waals surface area contributed by atoms with Crippen molar-refractivity contribution in [2.75, 3.05) is 39.1 Å². The predicted molar refractivity (Wildman–Crippen MR) is 117 cm³/mol. The normalized spacial score (nSPS) is 16.5. The van der Waals surface area contributed by atoms with Crippen LogP contribution in [0.1, 0.15) is 42.3 Å². The lowest BCUT2D eigenvalue weighted by atomic mass is 9.96. The number of nitrogens with zero attached hydrogens (tertiary/aromatic N) is 4. The van der Waals surface area contributed by atoms with Gasteiger partial charge in [0.25, 0.3) is 0 Å². The topological polar surface area (TPSA) is 61.4 Å². The lowest BCUT2D eigenvalue weighted by molar-refractivity contribution is -0.130. The van der Waals surface area contributed by atoms with Gasteiger partial charge in [0, 0.05) is 51.1 Å². The minimum atomic E-state index is 0.0738. The number of amides is 1. The summed E-state index contributed by atoms with van der Waals surface area (Å²) < 4.78 is 0. The number of aromatic nitrogens is 2. The minimum Gasteiger partial charge on any atom is -0.363 e. The summed E-state index contributed by atoms with van der Waals surface area (Å²) >= 11 is 6.03. The van der Waals surface area contributed by atoms with Crippen LogP contribution in [0, 0.1) is 0 Å². The van der Waals surface area contributed by atoms with Crippen LogP contribution in [0.2, 0.25) is 5.02 Å². The Kier molecular flexibility index (Phi) is 7.45. The maximum Gasteiger partial charge on any atom is 0.223 e. The number of benzene rings is 1. The van der Waals surface area contributed by atoms with Crippen LogP contribution in [-0.4, -0.2) is 55.0 Å². The van der Waals surface area contributed by atoms with Crippen molar-refractivity contribution >= 4 is 23.3 Å². The van der Waals surface area contributed by atoms with E-state index >= 15 is 0 Å². The summed E-state index contributed by atoms with van der Waals surface area (Å²) in [6.45, 7) is 2.42. The molecule has 0 saturated carbocycles. The third-order valence-electron chi connectivity index (χ3n) is 5.27. The Bertz CT molecular complexity index is 836. The number of hydrogen-bond donors (Lipinski definition) is 1. The highest BCUT2D eigenvalue weighted by Gasteiger charge is 2.20. The highest BCUT2D eigenvalue weighted by atomic mass is 35.5. The summed E-state index contributed by atoms with van der Waals surface area (Å²) in [6, 6.07) is 9.72. The number of carbonyl (C=O) groups is 1. The van der Waals surface area contributed by atoms with Gasteiger partial charge in [0.2, 0.25) is 5.91 Å². The van der Waals surface area contributed by atoms with Crippen LogP contribution in [0.15, 0.2) is 30.3 Å². The molecule has 1 aliphatic heterocycles. The largest absolute Gasteiger partial charge is 0.363 e. The molecule has 156 valence electrons. The Morgan fingerprint density at radius 2 is 2.07 bits per heavy atom. The molecule has 2 aromatic rings. The fraction of sp³-hybridized carbons (Fsp3) is 0.500. The van der Waals surface area contributed by atoms with Gasteiger partial charge in [-0.15, -0.1) is 0 Å². The van der Waals surface area contributed by atoms with Crippen LogP contribution >= 0.6 is 11.6 Å². The molecule has 1 amide bonds. The zero-order valence-corrected chi connectivity index (χ0v) is 18.2. The van der Waals surface area contributed by atoms with Crippen molar-refractivity contribution in [3.8, 4) is 0 Å². The molecule has 1 aromatic carbocycles. The number of nitrogens with one attached hydrogen (secondary N) is 1. The molecule has 1 aromatic heterocycles. The number of anilines is 1. The number of rotatable bonds is 7. The molecule has 3 rings (SSSR count). The summed E-state index contributed by atoms with van der Waals surface area (Å²) in [6.07, 6.45) is 3.39. The molecule has 1 atom stereocenters. The Morgan fingerprint density at radius 1 is 1.24 bits per heavy atom. The second-order valence-corrected chi connectivity index (χ2v) is 8.32. The number of hydrogen-bond acceptors (Lipinski definition) is 5. The summed E-state index contributed by atoms with van der Waals surface area (Å²) in [5.41, 5.74) is 2.13. The van der Waals surface area contributed by atoms with Crippen LogP contribution in [0.25, 0.3) is 0 Å². The first kappa shape index (κ1) is 21.5. The Balaban J connectivity index is 1.67. The van der Waals surface area contributed by atoms with Gasteiger partial charge in [-0.25, -0.2) is 9.97 Å². The highest BCUT2D eigenvalue weighted by molar-refractivity contribution is 6.30. The fourth-order valence-corrected chi connectivity index (χ4v) is 3.76. The first-order valence-corrected chi connectivity index (χ1v) is 10.5. The van der Waals surface area contributed by atoms with Gasteiger partial charge in [-0.1, -0.05) is 23.7 Å². The van der Waals surface area contributed by atoms with E-state index in [2.05, 4.69) is 16.4 Å². The summed E-state index contributed by atoms with van der Waals surface area (Å²) in [5.74, 6) is 2.04. The molecule has 29 heavy (non-hydrogen) atoms. The van der Waals surface area contributed by atoms with Crippen molar-refractivity contribution in [3.63, 3.8) is 0 Å². The van der Waals surface area contributed by atoms with Crippen LogP contribution in [0.4, 0.5) is 5.82 Å². The molecule has 1 fully saturated rings. The summed E-state index contributed by atoms with van der Waals surface area (Å²) in [5, 5.41) is 4.14. The molecule has 1 saturated heterocycles. The van der Waals surface area contributed by atoms with E-state index in [-0.39, 0.29) is 5.91 Å². The average molecular weight is 416 g/mol. The Morgan fingerprint density at radius 3 is 2.76 bits per heavy atom. The van der Waals surface area contributed by atoms with Gasteiger partial charge in [0.05, 0.1) is 12.2 Å². The number of halogens is 1. The molecule has 0 spiro atoms. The molecule has 6 nitrogen and oxygen atoms in total. The van der Waals surface area contributed by atoms with E-state index in [1.54, 1.807) is 4.90 Å². The third-order valence-corrected chi connectivity index (χ3v) is 5.51. The van der Waals surface area contributed by atoms with E-state index in [1.165, 1.54) is 0 Å². The van der Waals surface area contributed by atoms with Crippen LogP contribution in [-0.2, 0) is 17.8 Å². The zero-order valence-electron chi connectivity index (χ0n) is 17.5. The van der Waals surface area contributed by atoms with Crippen LogP contribution in [0.3, 0.4) is 0 Å². The fourth-order valence-electron chi connectivity index (χ4n) is 3.55. The molecular weight excluding hydrogens is 386 g/mol. The molecule has 7 heteroatoms. The molecule has 0 bridgehead atoms. The van der Waals surface area contributed by atoms with Crippen LogP contribution in [0.5, 0.6) is 0 Å². The van der Waals surface area contributed by atoms with Gasteiger partial charge in [-0.2, -0.15) is 0 Å². The number of aryl methyl sites for hydroxylation is 1. The zero-order chi connectivity index (χ0) is 20.8. The van der Waals surface area contributed by atoms with E-state index in [0.29, 0.717) is 36.2 Å². The second-order valence-electron chi connectivity index (χ2n) is 7.88. The smallest absolute Gasteiger partial charge is 0.223 e. The predicted octanol–water partition coefficient (Wildman–Crippen LogP) is 3.25. The maximum atomic E-state index is 12.6. The van der Waals surface area contributed by atoms with Crippen molar-refractivity contribution < 1.29 is 4.79 Å². The molecule has 0 radical (unpaired) electrons. The third kappa shape index (κ3) is 6.15. The Hall–Kier alpha value is -2.18. The van der Waals surface area contributed by atoms with Crippen molar-refractivity contribution in [2.45, 2.75) is 38.1 Å². The summed E-state index contributed by atoms with van der Waals surface area (Å²) in [4.78, 5) is 25.8. The molecule has 0 aliphatic carbocycles. The van der Waals surface area contributed by atoms with Gasteiger partial charge >= 0.3 is 0 Å².